The van der Waals surface area contributed by atoms with Gasteiger partial charge in [0, 0.05) is 17.5 Å². The first-order valence-corrected chi connectivity index (χ1v) is 7.00. The molecular formula is C15H14ClF2N3O2. The molecule has 1 aromatic heterocycles. The third kappa shape index (κ3) is 3.10. The molecule has 23 heavy (non-hydrogen) atoms. The number of carbonyl (C=O) groups is 1. The Morgan fingerprint density at radius 2 is 2.04 bits per heavy atom. The van der Waals surface area contributed by atoms with Crippen LogP contribution in [-0.2, 0) is 0 Å². The number of alkyl halides is 1. The highest BCUT2D eigenvalue weighted by molar-refractivity contribution is 6.31. The highest BCUT2D eigenvalue weighted by atomic mass is 35.5. The Labute approximate surface area is 136 Å². The monoisotopic (exact) mass is 341 g/mol. The summed E-state index contributed by atoms with van der Waals surface area (Å²) in [5.41, 5.74) is 5.25. The van der Waals surface area contributed by atoms with Gasteiger partial charge in [0.2, 0.25) is 0 Å². The van der Waals surface area contributed by atoms with E-state index in [1.807, 2.05) is 0 Å². The number of ether oxygens (including phenoxy) is 1. The number of hydrogen-bond acceptors (Lipinski definition) is 5. The number of rotatable bonds is 4. The SMILES string of the molecule is COc1c(N)nc(-c2ccc(Cl)c(C(C)F)c2F)nc1C(C)=O. The average Bonchev–Trinajstić information content (AvgIpc) is 2.46. The second-order valence-electron chi connectivity index (χ2n) is 4.81. The number of halogens is 3. The number of Topliss-reactive ketones (excluding diaryl/α,β-unsaturated/α-hetero) is 1. The number of nitrogens with zero attached hydrogens (tertiary/aromatic N) is 2. The Kier molecular flexibility index (Phi) is 4.79. The summed E-state index contributed by atoms with van der Waals surface area (Å²) in [7, 11) is 1.31. The number of anilines is 1. The van der Waals surface area contributed by atoms with E-state index in [0.29, 0.717) is 0 Å². The summed E-state index contributed by atoms with van der Waals surface area (Å²) in [6.07, 6.45) is -1.62. The molecule has 0 fully saturated rings. The number of ketones is 1. The lowest BCUT2D eigenvalue weighted by atomic mass is 10.1. The summed E-state index contributed by atoms with van der Waals surface area (Å²) in [5, 5.41) is -0.0467. The van der Waals surface area contributed by atoms with Gasteiger partial charge >= 0.3 is 0 Å². The van der Waals surface area contributed by atoms with Gasteiger partial charge in [0.25, 0.3) is 0 Å². The molecule has 1 aromatic carbocycles. The second kappa shape index (κ2) is 6.45. The number of methoxy groups -OCH3 is 1. The van der Waals surface area contributed by atoms with Crippen LogP contribution in [0.5, 0.6) is 5.75 Å². The van der Waals surface area contributed by atoms with Crippen LogP contribution in [0.15, 0.2) is 12.1 Å². The zero-order valence-corrected chi connectivity index (χ0v) is 13.4. The topological polar surface area (TPSA) is 78.1 Å². The Hall–Kier alpha value is -2.28. The maximum Gasteiger partial charge on any atom is 0.190 e. The molecular weight excluding hydrogens is 328 g/mol. The van der Waals surface area contributed by atoms with Crippen LogP contribution in [0.25, 0.3) is 11.4 Å². The fraction of sp³-hybridized carbons (Fsp3) is 0.267. The molecule has 0 aliphatic heterocycles. The van der Waals surface area contributed by atoms with E-state index in [9.17, 15) is 13.6 Å². The van der Waals surface area contributed by atoms with E-state index in [4.69, 9.17) is 22.1 Å². The number of aromatic nitrogens is 2. The van der Waals surface area contributed by atoms with Gasteiger partial charge in [-0.2, -0.15) is 0 Å². The molecule has 1 unspecified atom stereocenters. The van der Waals surface area contributed by atoms with Crippen molar-refractivity contribution < 1.29 is 18.3 Å². The van der Waals surface area contributed by atoms with Crippen LogP contribution < -0.4 is 10.5 Å². The van der Waals surface area contributed by atoms with Gasteiger partial charge in [-0.15, -0.1) is 0 Å². The van der Waals surface area contributed by atoms with Crippen molar-refractivity contribution in [3.63, 3.8) is 0 Å². The molecule has 122 valence electrons. The first kappa shape index (κ1) is 17.1. The van der Waals surface area contributed by atoms with Gasteiger partial charge in [0.05, 0.1) is 12.7 Å². The molecule has 5 nitrogen and oxygen atoms in total. The van der Waals surface area contributed by atoms with Gasteiger partial charge in [0.15, 0.2) is 28.9 Å². The van der Waals surface area contributed by atoms with Crippen LogP contribution in [-0.4, -0.2) is 22.9 Å². The van der Waals surface area contributed by atoms with Crippen LogP contribution in [0.1, 0.15) is 36.1 Å². The molecule has 0 aliphatic carbocycles. The lowest BCUT2D eigenvalue weighted by Crippen LogP contribution is -2.09. The fourth-order valence-corrected chi connectivity index (χ4v) is 2.43. The molecule has 0 spiro atoms. The number of benzene rings is 1. The van der Waals surface area contributed by atoms with E-state index in [0.717, 1.165) is 6.92 Å². The summed E-state index contributed by atoms with van der Waals surface area (Å²) in [6, 6.07) is 2.64. The van der Waals surface area contributed by atoms with Crippen molar-refractivity contribution in [2.24, 2.45) is 0 Å². The average molecular weight is 342 g/mol. The molecule has 0 amide bonds. The highest BCUT2D eigenvalue weighted by Crippen LogP contribution is 2.35. The molecule has 2 aromatic rings. The minimum Gasteiger partial charge on any atom is -0.491 e. The van der Waals surface area contributed by atoms with Crippen LogP contribution >= 0.6 is 11.6 Å². The zero-order valence-electron chi connectivity index (χ0n) is 12.7. The van der Waals surface area contributed by atoms with Gasteiger partial charge < -0.3 is 10.5 Å². The van der Waals surface area contributed by atoms with Gasteiger partial charge in [0.1, 0.15) is 12.0 Å². The summed E-state index contributed by atoms with van der Waals surface area (Å²) < 4.78 is 33.1. The van der Waals surface area contributed by atoms with Crippen molar-refractivity contribution in [3.05, 3.63) is 34.2 Å². The summed E-state index contributed by atoms with van der Waals surface area (Å²) in [6.45, 7) is 2.43. The normalized spacial score (nSPS) is 12.1. The van der Waals surface area contributed by atoms with Crippen molar-refractivity contribution in [2.75, 3.05) is 12.8 Å². The Morgan fingerprint density at radius 3 is 2.57 bits per heavy atom. The van der Waals surface area contributed by atoms with E-state index in [2.05, 4.69) is 9.97 Å². The number of carbonyl (C=O) groups excluding carboxylic acids is 1. The summed E-state index contributed by atoms with van der Waals surface area (Å²) >= 11 is 5.82. The molecule has 2 rings (SSSR count). The maximum atomic E-state index is 14.6. The Balaban J connectivity index is 2.73. The molecule has 1 heterocycles. The first-order valence-electron chi connectivity index (χ1n) is 6.62. The van der Waals surface area contributed by atoms with Crippen molar-refractivity contribution in [1.82, 2.24) is 9.97 Å². The number of nitrogen functional groups attached to an aromatic ring is 1. The van der Waals surface area contributed by atoms with Crippen LogP contribution in [0, 0.1) is 5.82 Å². The Morgan fingerprint density at radius 1 is 1.39 bits per heavy atom. The molecule has 0 saturated carbocycles. The van der Waals surface area contributed by atoms with E-state index in [1.165, 1.54) is 26.2 Å². The molecule has 0 radical (unpaired) electrons. The highest BCUT2D eigenvalue weighted by Gasteiger charge is 2.23. The predicted octanol–water partition coefficient (Wildman–Crippen LogP) is 3.76. The largest absolute Gasteiger partial charge is 0.491 e. The second-order valence-corrected chi connectivity index (χ2v) is 5.22. The third-order valence-electron chi connectivity index (χ3n) is 3.19. The minimum absolute atomic E-state index is 0.00899. The predicted molar refractivity (Wildman–Crippen MR) is 82.9 cm³/mol. The third-order valence-corrected chi connectivity index (χ3v) is 3.52. The molecule has 8 heteroatoms. The lowest BCUT2D eigenvalue weighted by molar-refractivity contribution is 0.101. The molecule has 2 N–H and O–H groups in total. The van der Waals surface area contributed by atoms with Crippen molar-refractivity contribution >= 4 is 23.2 Å². The van der Waals surface area contributed by atoms with E-state index in [-0.39, 0.29) is 39.2 Å². The fourth-order valence-electron chi connectivity index (χ4n) is 2.13. The van der Waals surface area contributed by atoms with Crippen molar-refractivity contribution in [3.8, 4) is 17.1 Å². The number of hydrogen-bond donors (Lipinski definition) is 1. The van der Waals surface area contributed by atoms with E-state index >= 15 is 0 Å². The Bertz CT molecular complexity index is 782. The number of nitrogens with two attached hydrogens (primary N) is 1. The summed E-state index contributed by atoms with van der Waals surface area (Å²) in [5.74, 6) is -1.58. The standard InChI is InChI=1S/C15H14ClF2N3O2/c1-6(17)10-9(16)5-4-8(11(10)18)15-20-12(7(2)22)13(23-3)14(19)21-15/h4-6H,1-3H3,(H2,19,20,21). The quantitative estimate of drug-likeness (QED) is 0.857. The van der Waals surface area contributed by atoms with Crippen molar-refractivity contribution in [1.29, 1.82) is 0 Å². The van der Waals surface area contributed by atoms with Crippen molar-refractivity contribution in [2.45, 2.75) is 20.0 Å². The molecule has 1 atom stereocenters. The van der Waals surface area contributed by atoms with Gasteiger partial charge in [-0.05, 0) is 19.1 Å². The van der Waals surface area contributed by atoms with Gasteiger partial charge in [-0.25, -0.2) is 18.7 Å². The maximum absolute atomic E-state index is 14.6. The van der Waals surface area contributed by atoms with Crippen LogP contribution in [0.4, 0.5) is 14.6 Å². The van der Waals surface area contributed by atoms with Crippen LogP contribution in [0.3, 0.4) is 0 Å². The van der Waals surface area contributed by atoms with Crippen LogP contribution in [0.2, 0.25) is 5.02 Å². The smallest absolute Gasteiger partial charge is 0.190 e. The van der Waals surface area contributed by atoms with Gasteiger partial charge in [-0.1, -0.05) is 11.6 Å². The molecule has 0 saturated heterocycles. The zero-order chi connectivity index (χ0) is 17.3. The molecule has 0 aliphatic rings. The minimum atomic E-state index is -1.62. The first-order chi connectivity index (χ1) is 10.8. The van der Waals surface area contributed by atoms with E-state index < -0.39 is 17.8 Å². The van der Waals surface area contributed by atoms with E-state index in [1.54, 1.807) is 0 Å². The molecule has 0 bridgehead atoms. The van der Waals surface area contributed by atoms with Gasteiger partial charge in [-0.3, -0.25) is 4.79 Å². The lowest BCUT2D eigenvalue weighted by Gasteiger charge is -2.13. The summed E-state index contributed by atoms with van der Waals surface area (Å²) in [4.78, 5) is 19.6.